The Morgan fingerprint density at radius 2 is 2.00 bits per heavy atom. The maximum Gasteiger partial charge on any atom is 0.119 e. The Bertz CT molecular complexity index is 262. The SMILES string of the molecule is CC(O)CNCCCCOc1ccccc1. The van der Waals surface area contributed by atoms with Gasteiger partial charge in [0.05, 0.1) is 12.7 Å². The molecule has 16 heavy (non-hydrogen) atoms. The molecule has 0 aliphatic rings. The molecule has 1 rings (SSSR count). The fraction of sp³-hybridized carbons (Fsp3) is 0.538. The molecule has 1 aromatic carbocycles. The second kappa shape index (κ2) is 8.13. The van der Waals surface area contributed by atoms with Crippen LogP contribution in [-0.2, 0) is 0 Å². The van der Waals surface area contributed by atoms with Crippen LogP contribution in [-0.4, -0.2) is 30.9 Å². The quantitative estimate of drug-likeness (QED) is 0.660. The van der Waals surface area contributed by atoms with Gasteiger partial charge in [-0.15, -0.1) is 0 Å². The number of hydrogen-bond acceptors (Lipinski definition) is 3. The summed E-state index contributed by atoms with van der Waals surface area (Å²) in [5, 5.41) is 12.2. The summed E-state index contributed by atoms with van der Waals surface area (Å²) in [6.45, 7) is 4.13. The first-order valence-corrected chi connectivity index (χ1v) is 5.85. The first-order valence-electron chi connectivity index (χ1n) is 5.85. The third-order valence-corrected chi connectivity index (χ3v) is 2.20. The highest BCUT2D eigenvalue weighted by molar-refractivity contribution is 5.20. The Kier molecular flexibility index (Phi) is 6.61. The number of para-hydroxylation sites is 1. The Labute approximate surface area is 97.4 Å². The van der Waals surface area contributed by atoms with Gasteiger partial charge < -0.3 is 15.2 Å². The average molecular weight is 223 g/mol. The van der Waals surface area contributed by atoms with Crippen molar-refractivity contribution < 1.29 is 9.84 Å². The van der Waals surface area contributed by atoms with Crippen molar-refractivity contribution in [2.24, 2.45) is 0 Å². The molecule has 1 unspecified atom stereocenters. The predicted octanol–water partition coefficient (Wildman–Crippen LogP) is 1.82. The van der Waals surface area contributed by atoms with Gasteiger partial charge in [-0.25, -0.2) is 0 Å². The van der Waals surface area contributed by atoms with Crippen LogP contribution >= 0.6 is 0 Å². The van der Waals surface area contributed by atoms with E-state index in [2.05, 4.69) is 5.32 Å². The summed E-state index contributed by atoms with van der Waals surface area (Å²) < 4.78 is 5.56. The van der Waals surface area contributed by atoms with Crippen molar-refractivity contribution in [1.29, 1.82) is 0 Å². The van der Waals surface area contributed by atoms with Gasteiger partial charge in [0.2, 0.25) is 0 Å². The number of nitrogens with one attached hydrogen (secondary N) is 1. The fourth-order valence-corrected chi connectivity index (χ4v) is 1.37. The van der Waals surface area contributed by atoms with Crippen molar-refractivity contribution >= 4 is 0 Å². The second-order valence-corrected chi connectivity index (χ2v) is 3.92. The summed E-state index contributed by atoms with van der Waals surface area (Å²) in [6, 6.07) is 9.85. The lowest BCUT2D eigenvalue weighted by molar-refractivity contribution is 0.191. The van der Waals surface area contributed by atoms with Crippen LogP contribution in [0, 0.1) is 0 Å². The summed E-state index contributed by atoms with van der Waals surface area (Å²) in [4.78, 5) is 0. The van der Waals surface area contributed by atoms with Crippen molar-refractivity contribution in [1.82, 2.24) is 5.32 Å². The number of benzene rings is 1. The van der Waals surface area contributed by atoms with Gasteiger partial charge in [0.15, 0.2) is 0 Å². The van der Waals surface area contributed by atoms with Crippen molar-refractivity contribution in [3.05, 3.63) is 30.3 Å². The smallest absolute Gasteiger partial charge is 0.119 e. The minimum absolute atomic E-state index is 0.263. The molecule has 0 spiro atoms. The zero-order valence-corrected chi connectivity index (χ0v) is 9.86. The Morgan fingerprint density at radius 1 is 1.25 bits per heavy atom. The van der Waals surface area contributed by atoms with E-state index in [0.29, 0.717) is 6.54 Å². The highest BCUT2D eigenvalue weighted by atomic mass is 16.5. The summed E-state index contributed by atoms with van der Waals surface area (Å²) >= 11 is 0. The Balaban J connectivity index is 1.93. The molecule has 0 saturated heterocycles. The number of aliphatic hydroxyl groups is 1. The highest BCUT2D eigenvalue weighted by Gasteiger charge is 1.95. The van der Waals surface area contributed by atoms with E-state index in [1.807, 2.05) is 30.3 Å². The van der Waals surface area contributed by atoms with Crippen LogP contribution in [0.3, 0.4) is 0 Å². The van der Waals surface area contributed by atoms with E-state index in [4.69, 9.17) is 9.84 Å². The molecule has 0 bridgehead atoms. The molecular weight excluding hydrogens is 202 g/mol. The third-order valence-electron chi connectivity index (χ3n) is 2.20. The monoisotopic (exact) mass is 223 g/mol. The predicted molar refractivity (Wildman–Crippen MR) is 65.7 cm³/mol. The molecule has 0 saturated carbocycles. The van der Waals surface area contributed by atoms with Crippen molar-refractivity contribution in [3.8, 4) is 5.75 Å². The number of hydrogen-bond donors (Lipinski definition) is 2. The molecule has 1 atom stereocenters. The average Bonchev–Trinajstić information content (AvgIpc) is 2.29. The highest BCUT2D eigenvalue weighted by Crippen LogP contribution is 2.08. The first kappa shape index (κ1) is 13.0. The van der Waals surface area contributed by atoms with E-state index in [9.17, 15) is 0 Å². The fourth-order valence-electron chi connectivity index (χ4n) is 1.37. The molecule has 0 aromatic heterocycles. The van der Waals surface area contributed by atoms with E-state index in [0.717, 1.165) is 31.7 Å². The summed E-state index contributed by atoms with van der Waals surface area (Å²) in [5.74, 6) is 0.930. The van der Waals surface area contributed by atoms with E-state index in [-0.39, 0.29) is 6.10 Å². The number of ether oxygens (including phenoxy) is 1. The Morgan fingerprint density at radius 3 is 2.69 bits per heavy atom. The lowest BCUT2D eigenvalue weighted by atomic mass is 10.3. The van der Waals surface area contributed by atoms with Crippen molar-refractivity contribution in [2.75, 3.05) is 19.7 Å². The largest absolute Gasteiger partial charge is 0.494 e. The number of aliphatic hydroxyl groups excluding tert-OH is 1. The number of unbranched alkanes of at least 4 members (excludes halogenated alkanes) is 1. The van der Waals surface area contributed by atoms with Crippen LogP contribution in [0.2, 0.25) is 0 Å². The molecule has 0 heterocycles. The molecule has 3 heteroatoms. The molecule has 2 N–H and O–H groups in total. The van der Waals surface area contributed by atoms with Crippen molar-refractivity contribution in [3.63, 3.8) is 0 Å². The molecule has 0 radical (unpaired) electrons. The van der Waals surface area contributed by atoms with Crippen LogP contribution in [0.1, 0.15) is 19.8 Å². The summed E-state index contributed by atoms with van der Waals surface area (Å²) in [6.07, 6.45) is 1.84. The van der Waals surface area contributed by atoms with Gasteiger partial charge in [-0.1, -0.05) is 18.2 Å². The maximum absolute atomic E-state index is 9.02. The van der Waals surface area contributed by atoms with Gasteiger partial charge in [-0.3, -0.25) is 0 Å². The first-order chi connectivity index (χ1) is 7.79. The van der Waals surface area contributed by atoms with Crippen molar-refractivity contribution in [2.45, 2.75) is 25.9 Å². The van der Waals surface area contributed by atoms with Crippen LogP contribution in [0.4, 0.5) is 0 Å². The third kappa shape index (κ3) is 6.43. The lowest BCUT2D eigenvalue weighted by Gasteiger charge is -2.07. The standard InChI is InChI=1S/C13H21NO2/c1-12(15)11-14-9-5-6-10-16-13-7-3-2-4-8-13/h2-4,7-8,12,14-15H,5-6,9-11H2,1H3. The molecule has 3 nitrogen and oxygen atoms in total. The Hall–Kier alpha value is -1.06. The molecule has 90 valence electrons. The molecular formula is C13H21NO2. The maximum atomic E-state index is 9.02. The van der Waals surface area contributed by atoms with E-state index >= 15 is 0 Å². The minimum atomic E-state index is -0.263. The van der Waals surface area contributed by atoms with Gasteiger partial charge in [0, 0.05) is 6.54 Å². The van der Waals surface area contributed by atoms with E-state index < -0.39 is 0 Å². The lowest BCUT2D eigenvalue weighted by Crippen LogP contribution is -2.25. The van der Waals surface area contributed by atoms with Gasteiger partial charge in [-0.2, -0.15) is 0 Å². The van der Waals surface area contributed by atoms with Gasteiger partial charge in [0.1, 0.15) is 5.75 Å². The van der Waals surface area contributed by atoms with Gasteiger partial charge in [-0.05, 0) is 38.4 Å². The molecule has 0 fully saturated rings. The molecule has 1 aromatic rings. The van der Waals surface area contributed by atoms with Crippen LogP contribution in [0.15, 0.2) is 30.3 Å². The van der Waals surface area contributed by atoms with Gasteiger partial charge in [0.25, 0.3) is 0 Å². The topological polar surface area (TPSA) is 41.5 Å². The second-order valence-electron chi connectivity index (χ2n) is 3.92. The minimum Gasteiger partial charge on any atom is -0.494 e. The molecule has 0 amide bonds. The van der Waals surface area contributed by atoms with Crippen LogP contribution in [0.25, 0.3) is 0 Å². The zero-order valence-electron chi connectivity index (χ0n) is 9.86. The van der Waals surface area contributed by atoms with E-state index in [1.54, 1.807) is 6.92 Å². The summed E-state index contributed by atoms with van der Waals surface area (Å²) in [7, 11) is 0. The van der Waals surface area contributed by atoms with E-state index in [1.165, 1.54) is 0 Å². The van der Waals surface area contributed by atoms with Gasteiger partial charge >= 0.3 is 0 Å². The summed E-state index contributed by atoms with van der Waals surface area (Å²) in [5.41, 5.74) is 0. The molecule has 0 aliphatic heterocycles. The zero-order chi connectivity index (χ0) is 11.6. The molecule has 0 aliphatic carbocycles. The van der Waals surface area contributed by atoms with Crippen LogP contribution < -0.4 is 10.1 Å². The number of rotatable bonds is 8. The van der Waals surface area contributed by atoms with Crippen LogP contribution in [0.5, 0.6) is 5.75 Å². The normalized spacial score (nSPS) is 12.4.